The minimum atomic E-state index is -0.475. The quantitative estimate of drug-likeness (QED) is 0.621. The molecule has 0 aliphatic carbocycles. The largest absolute Gasteiger partial charge is 0.464 e. The molecule has 0 aliphatic rings. The van der Waals surface area contributed by atoms with Gasteiger partial charge in [0, 0.05) is 0 Å². The van der Waals surface area contributed by atoms with Crippen LogP contribution in [0.25, 0.3) is 0 Å². The second-order valence-electron chi connectivity index (χ2n) is 4.04. The highest BCUT2D eigenvalue weighted by Gasteiger charge is 2.24. The SMILES string of the molecule is CCCOC(=O)C(C)OC(C)(C)CC. The van der Waals surface area contributed by atoms with Gasteiger partial charge < -0.3 is 9.47 Å². The van der Waals surface area contributed by atoms with Gasteiger partial charge in [0.1, 0.15) is 0 Å². The fourth-order valence-electron chi connectivity index (χ4n) is 0.930. The molecule has 0 aromatic carbocycles. The molecule has 3 heteroatoms. The molecule has 0 aromatic heterocycles. The molecular weight excluding hydrogens is 180 g/mol. The lowest BCUT2D eigenvalue weighted by Crippen LogP contribution is -2.34. The summed E-state index contributed by atoms with van der Waals surface area (Å²) in [6.07, 6.45) is 1.24. The molecule has 84 valence electrons. The third-order valence-electron chi connectivity index (χ3n) is 2.13. The Morgan fingerprint density at radius 1 is 1.36 bits per heavy atom. The fraction of sp³-hybridized carbons (Fsp3) is 0.909. The molecule has 0 fully saturated rings. The Morgan fingerprint density at radius 3 is 2.36 bits per heavy atom. The summed E-state index contributed by atoms with van der Waals surface area (Å²) in [5.41, 5.74) is -0.259. The number of carbonyl (C=O) groups excluding carboxylic acids is 1. The molecule has 1 atom stereocenters. The molecule has 0 radical (unpaired) electrons. The Bertz CT molecular complexity index is 175. The van der Waals surface area contributed by atoms with Crippen LogP contribution in [0.15, 0.2) is 0 Å². The molecule has 0 N–H and O–H groups in total. The molecule has 14 heavy (non-hydrogen) atoms. The van der Waals surface area contributed by atoms with Crippen LogP contribution in [0.2, 0.25) is 0 Å². The van der Waals surface area contributed by atoms with E-state index in [1.165, 1.54) is 0 Å². The van der Waals surface area contributed by atoms with E-state index in [1.54, 1.807) is 6.92 Å². The van der Waals surface area contributed by atoms with Crippen LogP contribution in [0.5, 0.6) is 0 Å². The van der Waals surface area contributed by atoms with Crippen molar-refractivity contribution in [2.45, 2.75) is 59.2 Å². The van der Waals surface area contributed by atoms with Crippen LogP contribution in [-0.4, -0.2) is 24.3 Å². The van der Waals surface area contributed by atoms with E-state index in [4.69, 9.17) is 9.47 Å². The number of rotatable bonds is 6. The second kappa shape index (κ2) is 6.02. The van der Waals surface area contributed by atoms with Gasteiger partial charge in [0.2, 0.25) is 0 Å². The minimum absolute atomic E-state index is 0.259. The molecule has 3 nitrogen and oxygen atoms in total. The zero-order chi connectivity index (χ0) is 11.2. The van der Waals surface area contributed by atoms with Gasteiger partial charge in [-0.1, -0.05) is 13.8 Å². The Morgan fingerprint density at radius 2 is 1.93 bits per heavy atom. The first-order valence-electron chi connectivity index (χ1n) is 5.27. The lowest BCUT2D eigenvalue weighted by Gasteiger charge is -2.26. The van der Waals surface area contributed by atoms with Gasteiger partial charge in [-0.25, -0.2) is 4.79 Å². The minimum Gasteiger partial charge on any atom is -0.464 e. The van der Waals surface area contributed by atoms with Crippen molar-refractivity contribution < 1.29 is 14.3 Å². The van der Waals surface area contributed by atoms with Gasteiger partial charge in [0.05, 0.1) is 12.2 Å². The van der Waals surface area contributed by atoms with E-state index in [1.807, 2.05) is 27.7 Å². The van der Waals surface area contributed by atoms with Crippen LogP contribution in [-0.2, 0) is 14.3 Å². The van der Waals surface area contributed by atoms with Crippen LogP contribution >= 0.6 is 0 Å². The molecule has 0 aliphatic heterocycles. The average Bonchev–Trinajstić information content (AvgIpc) is 2.13. The normalized spacial score (nSPS) is 13.8. The summed E-state index contributed by atoms with van der Waals surface area (Å²) < 4.78 is 10.6. The summed E-state index contributed by atoms with van der Waals surface area (Å²) in [6, 6.07) is 0. The zero-order valence-electron chi connectivity index (χ0n) is 9.92. The first kappa shape index (κ1) is 13.4. The van der Waals surface area contributed by atoms with Gasteiger partial charge in [-0.2, -0.15) is 0 Å². The third kappa shape index (κ3) is 5.22. The lowest BCUT2D eigenvalue weighted by molar-refractivity contribution is -0.166. The van der Waals surface area contributed by atoms with E-state index in [2.05, 4.69) is 0 Å². The van der Waals surface area contributed by atoms with Crippen molar-refractivity contribution in [2.75, 3.05) is 6.61 Å². The molecule has 0 amide bonds. The molecule has 0 heterocycles. The standard InChI is InChI=1S/C11H22O3/c1-6-8-13-10(12)9(3)14-11(4,5)7-2/h9H,6-8H2,1-5H3. The fourth-order valence-corrected chi connectivity index (χ4v) is 0.930. The Labute approximate surface area is 86.8 Å². The molecule has 1 unspecified atom stereocenters. The summed E-state index contributed by atoms with van der Waals surface area (Å²) in [4.78, 5) is 11.3. The molecular formula is C11H22O3. The summed E-state index contributed by atoms with van der Waals surface area (Å²) in [5.74, 6) is -0.270. The van der Waals surface area contributed by atoms with Crippen LogP contribution in [0.4, 0.5) is 0 Å². The van der Waals surface area contributed by atoms with Gasteiger partial charge in [-0.15, -0.1) is 0 Å². The van der Waals surface area contributed by atoms with Gasteiger partial charge >= 0.3 is 5.97 Å². The van der Waals surface area contributed by atoms with Gasteiger partial charge in [0.25, 0.3) is 0 Å². The predicted molar refractivity (Wildman–Crippen MR) is 56.2 cm³/mol. The van der Waals surface area contributed by atoms with Crippen molar-refractivity contribution >= 4 is 5.97 Å². The predicted octanol–water partition coefficient (Wildman–Crippen LogP) is 2.53. The summed E-state index contributed by atoms with van der Waals surface area (Å²) in [7, 11) is 0. The van der Waals surface area contributed by atoms with Crippen LogP contribution in [0, 0.1) is 0 Å². The number of esters is 1. The average molecular weight is 202 g/mol. The molecule has 0 saturated carbocycles. The molecule has 0 spiro atoms. The van der Waals surface area contributed by atoms with Crippen LogP contribution in [0.1, 0.15) is 47.5 Å². The number of hydrogen-bond donors (Lipinski definition) is 0. The van der Waals surface area contributed by atoms with Crippen LogP contribution < -0.4 is 0 Å². The van der Waals surface area contributed by atoms with Crippen LogP contribution in [0.3, 0.4) is 0 Å². The Hall–Kier alpha value is -0.570. The van der Waals surface area contributed by atoms with E-state index >= 15 is 0 Å². The molecule has 0 rings (SSSR count). The van der Waals surface area contributed by atoms with Crippen molar-refractivity contribution in [3.05, 3.63) is 0 Å². The highest BCUT2D eigenvalue weighted by Crippen LogP contribution is 2.16. The maximum Gasteiger partial charge on any atom is 0.334 e. The smallest absolute Gasteiger partial charge is 0.334 e. The van der Waals surface area contributed by atoms with E-state index in [0.717, 1.165) is 12.8 Å². The summed E-state index contributed by atoms with van der Waals surface area (Å²) in [6.45, 7) is 10.1. The monoisotopic (exact) mass is 202 g/mol. The number of ether oxygens (including phenoxy) is 2. The molecule has 0 aromatic rings. The lowest BCUT2D eigenvalue weighted by atomic mass is 10.1. The van der Waals surface area contributed by atoms with E-state index in [0.29, 0.717) is 6.61 Å². The first-order valence-corrected chi connectivity index (χ1v) is 5.27. The first-order chi connectivity index (χ1) is 6.43. The van der Waals surface area contributed by atoms with Gasteiger partial charge in [-0.3, -0.25) is 0 Å². The maximum atomic E-state index is 11.3. The van der Waals surface area contributed by atoms with Gasteiger partial charge in [-0.05, 0) is 33.6 Å². The van der Waals surface area contributed by atoms with Crippen molar-refractivity contribution in [1.82, 2.24) is 0 Å². The van der Waals surface area contributed by atoms with Crippen molar-refractivity contribution in [2.24, 2.45) is 0 Å². The summed E-state index contributed by atoms with van der Waals surface area (Å²) in [5, 5.41) is 0. The Kier molecular flexibility index (Phi) is 5.77. The highest BCUT2D eigenvalue weighted by molar-refractivity contribution is 5.74. The zero-order valence-corrected chi connectivity index (χ0v) is 9.92. The van der Waals surface area contributed by atoms with Gasteiger partial charge in [0.15, 0.2) is 6.10 Å². The number of hydrogen-bond acceptors (Lipinski definition) is 3. The maximum absolute atomic E-state index is 11.3. The van der Waals surface area contributed by atoms with Crippen molar-refractivity contribution in [1.29, 1.82) is 0 Å². The third-order valence-corrected chi connectivity index (χ3v) is 2.13. The second-order valence-corrected chi connectivity index (χ2v) is 4.04. The molecule has 0 saturated heterocycles. The van der Waals surface area contributed by atoms with Crippen molar-refractivity contribution in [3.63, 3.8) is 0 Å². The highest BCUT2D eigenvalue weighted by atomic mass is 16.6. The van der Waals surface area contributed by atoms with E-state index in [9.17, 15) is 4.79 Å². The van der Waals surface area contributed by atoms with Crippen molar-refractivity contribution in [3.8, 4) is 0 Å². The van der Waals surface area contributed by atoms with E-state index in [-0.39, 0.29) is 11.6 Å². The summed E-state index contributed by atoms with van der Waals surface area (Å²) >= 11 is 0. The number of carbonyl (C=O) groups is 1. The Balaban J connectivity index is 3.94. The molecule has 0 bridgehead atoms. The topological polar surface area (TPSA) is 35.5 Å². The van der Waals surface area contributed by atoms with E-state index < -0.39 is 6.10 Å².